The van der Waals surface area contributed by atoms with E-state index in [-0.39, 0.29) is 5.91 Å². The molecule has 2 heterocycles. The first-order chi connectivity index (χ1) is 14.2. The maximum atomic E-state index is 12.0. The number of guanidine groups is 1. The molecule has 0 unspecified atom stereocenters. The molecule has 0 bridgehead atoms. The van der Waals surface area contributed by atoms with Gasteiger partial charge in [0.15, 0.2) is 5.96 Å². The average molecular weight is 403 g/mol. The van der Waals surface area contributed by atoms with Gasteiger partial charge < -0.3 is 20.3 Å². The minimum Gasteiger partial charge on any atom is -0.478 e. The number of aliphatic imine (C=N–C) groups is 1. The molecule has 8 nitrogen and oxygen atoms in total. The summed E-state index contributed by atoms with van der Waals surface area (Å²) in [6, 6.07) is 4.35. The van der Waals surface area contributed by atoms with Crippen LogP contribution in [-0.2, 0) is 11.3 Å². The Morgan fingerprint density at radius 3 is 2.66 bits per heavy atom. The van der Waals surface area contributed by atoms with Crippen molar-refractivity contribution in [3.05, 3.63) is 23.9 Å². The maximum absolute atomic E-state index is 12.0. The number of ether oxygens (including phenoxy) is 1. The molecule has 0 radical (unpaired) electrons. The quantitative estimate of drug-likeness (QED) is 0.478. The molecule has 160 valence electrons. The predicted molar refractivity (Wildman–Crippen MR) is 114 cm³/mol. The number of amides is 1. The van der Waals surface area contributed by atoms with E-state index in [1.165, 1.54) is 0 Å². The van der Waals surface area contributed by atoms with Crippen molar-refractivity contribution in [1.29, 1.82) is 0 Å². The fraction of sp³-hybridized carbons (Fsp3) is 0.667. The lowest BCUT2D eigenvalue weighted by atomic mass is 10.3. The average Bonchev–Trinajstić information content (AvgIpc) is 3.55. The number of hydrogen-bond donors (Lipinski definition) is 2. The third kappa shape index (κ3) is 7.20. The molecular weight excluding hydrogens is 368 g/mol. The highest BCUT2D eigenvalue weighted by atomic mass is 16.5. The minimum atomic E-state index is 0.153. The lowest BCUT2D eigenvalue weighted by Crippen LogP contribution is -2.54. The Balaban J connectivity index is 1.48. The summed E-state index contributed by atoms with van der Waals surface area (Å²) in [5.41, 5.74) is 1.06. The summed E-state index contributed by atoms with van der Waals surface area (Å²) in [7, 11) is 0. The summed E-state index contributed by atoms with van der Waals surface area (Å²) < 4.78 is 5.53. The number of hydrogen-bond acceptors (Lipinski definition) is 5. The first kappa shape index (κ1) is 21.4. The number of carbonyl (C=O) groups is 1. The van der Waals surface area contributed by atoms with E-state index in [0.717, 1.165) is 63.5 Å². The second-order valence-electron chi connectivity index (χ2n) is 7.63. The van der Waals surface area contributed by atoms with E-state index in [0.29, 0.717) is 31.6 Å². The van der Waals surface area contributed by atoms with Crippen LogP contribution in [0, 0.1) is 0 Å². The van der Waals surface area contributed by atoms with Crippen LogP contribution in [0.25, 0.3) is 0 Å². The Morgan fingerprint density at radius 1 is 1.24 bits per heavy atom. The molecule has 1 aliphatic heterocycles. The molecule has 1 aliphatic carbocycles. The van der Waals surface area contributed by atoms with E-state index in [4.69, 9.17) is 9.73 Å². The third-order valence-corrected chi connectivity index (χ3v) is 4.98. The summed E-state index contributed by atoms with van der Waals surface area (Å²) in [5.74, 6) is 1.73. The molecule has 2 N–H and O–H groups in total. The van der Waals surface area contributed by atoms with Crippen molar-refractivity contribution < 1.29 is 9.53 Å². The van der Waals surface area contributed by atoms with Gasteiger partial charge in [-0.05, 0) is 31.7 Å². The zero-order valence-corrected chi connectivity index (χ0v) is 17.7. The molecular formula is C21H34N6O2. The minimum absolute atomic E-state index is 0.153. The van der Waals surface area contributed by atoms with Crippen LogP contribution in [0.5, 0.6) is 5.88 Å². The van der Waals surface area contributed by atoms with Gasteiger partial charge in [-0.3, -0.25) is 9.69 Å². The van der Waals surface area contributed by atoms with E-state index in [2.05, 4.69) is 39.3 Å². The van der Waals surface area contributed by atoms with Crippen molar-refractivity contribution in [3.8, 4) is 5.88 Å². The van der Waals surface area contributed by atoms with Gasteiger partial charge in [0.25, 0.3) is 0 Å². The van der Waals surface area contributed by atoms with E-state index in [1.54, 1.807) is 0 Å². The Bertz CT molecular complexity index is 666. The molecule has 0 aromatic carbocycles. The first-order valence-corrected chi connectivity index (χ1v) is 10.8. The zero-order valence-electron chi connectivity index (χ0n) is 17.7. The van der Waals surface area contributed by atoms with E-state index in [9.17, 15) is 4.79 Å². The SMILES string of the molecule is CCCOc1ccc(CN=C(NCC)N2CCN(CC(=O)NC3CC3)CC2)cn1. The van der Waals surface area contributed by atoms with Crippen molar-refractivity contribution >= 4 is 11.9 Å². The smallest absolute Gasteiger partial charge is 0.234 e. The van der Waals surface area contributed by atoms with Crippen LogP contribution in [0.2, 0.25) is 0 Å². The van der Waals surface area contributed by atoms with Gasteiger partial charge in [0.05, 0.1) is 19.7 Å². The first-order valence-electron chi connectivity index (χ1n) is 10.8. The van der Waals surface area contributed by atoms with Crippen LogP contribution in [0.4, 0.5) is 0 Å². The molecule has 0 spiro atoms. The lowest BCUT2D eigenvalue weighted by molar-refractivity contribution is -0.122. The molecule has 8 heteroatoms. The Morgan fingerprint density at radius 2 is 2.03 bits per heavy atom. The summed E-state index contributed by atoms with van der Waals surface area (Å²) in [6.07, 6.45) is 5.06. The van der Waals surface area contributed by atoms with Gasteiger partial charge in [0, 0.05) is 51.0 Å². The van der Waals surface area contributed by atoms with Gasteiger partial charge in [0.1, 0.15) is 0 Å². The predicted octanol–water partition coefficient (Wildman–Crippen LogP) is 1.23. The van der Waals surface area contributed by atoms with Crippen molar-refractivity contribution in [3.63, 3.8) is 0 Å². The fourth-order valence-corrected chi connectivity index (χ4v) is 3.21. The number of carbonyl (C=O) groups excluding carboxylic acids is 1. The van der Waals surface area contributed by atoms with Gasteiger partial charge in [0.2, 0.25) is 11.8 Å². The Hall–Kier alpha value is -2.35. The van der Waals surface area contributed by atoms with Gasteiger partial charge in [-0.2, -0.15) is 0 Å². The highest BCUT2D eigenvalue weighted by molar-refractivity contribution is 5.80. The van der Waals surface area contributed by atoms with Crippen molar-refractivity contribution in [2.24, 2.45) is 4.99 Å². The number of rotatable bonds is 9. The molecule has 1 saturated carbocycles. The molecule has 1 saturated heterocycles. The number of nitrogens with one attached hydrogen (secondary N) is 2. The molecule has 2 aliphatic rings. The molecule has 1 amide bonds. The van der Waals surface area contributed by atoms with Crippen LogP contribution in [-0.4, -0.2) is 78.6 Å². The van der Waals surface area contributed by atoms with E-state index < -0.39 is 0 Å². The zero-order chi connectivity index (χ0) is 20.5. The summed E-state index contributed by atoms with van der Waals surface area (Å²) >= 11 is 0. The lowest BCUT2D eigenvalue weighted by Gasteiger charge is -2.36. The maximum Gasteiger partial charge on any atom is 0.234 e. The topological polar surface area (TPSA) is 82.1 Å². The summed E-state index contributed by atoms with van der Waals surface area (Å²) in [4.78, 5) is 25.6. The summed E-state index contributed by atoms with van der Waals surface area (Å²) in [5, 5.41) is 6.45. The largest absolute Gasteiger partial charge is 0.478 e. The Labute approximate surface area is 173 Å². The van der Waals surface area contributed by atoms with E-state index in [1.807, 2.05) is 18.3 Å². The normalized spacial score (nSPS) is 17.9. The second kappa shape index (κ2) is 11.0. The van der Waals surface area contributed by atoms with E-state index >= 15 is 0 Å². The number of piperazine rings is 1. The monoisotopic (exact) mass is 402 g/mol. The van der Waals surface area contributed by atoms with Crippen LogP contribution >= 0.6 is 0 Å². The number of pyridine rings is 1. The Kier molecular flexibility index (Phi) is 8.10. The standard InChI is InChI=1S/C21H34N6O2/c1-3-13-29-20-8-5-17(14-23-20)15-24-21(22-4-2)27-11-9-26(10-12-27)16-19(28)25-18-6-7-18/h5,8,14,18H,3-4,6-7,9-13,15-16H2,1-2H3,(H,22,24)(H,25,28). The van der Waals surface area contributed by atoms with Crippen LogP contribution in [0.15, 0.2) is 23.3 Å². The fourth-order valence-electron chi connectivity index (χ4n) is 3.21. The van der Waals surface area contributed by atoms with Gasteiger partial charge in [-0.15, -0.1) is 0 Å². The van der Waals surface area contributed by atoms with Crippen LogP contribution < -0.4 is 15.4 Å². The second-order valence-corrected chi connectivity index (χ2v) is 7.63. The molecule has 1 aromatic rings. The molecule has 0 atom stereocenters. The van der Waals surface area contributed by atoms with Gasteiger partial charge >= 0.3 is 0 Å². The number of nitrogens with zero attached hydrogens (tertiary/aromatic N) is 4. The highest BCUT2D eigenvalue weighted by Crippen LogP contribution is 2.18. The third-order valence-electron chi connectivity index (χ3n) is 4.98. The van der Waals surface area contributed by atoms with Gasteiger partial charge in [-0.1, -0.05) is 13.0 Å². The van der Waals surface area contributed by atoms with Crippen molar-refractivity contribution in [2.75, 3.05) is 45.9 Å². The van der Waals surface area contributed by atoms with Gasteiger partial charge in [-0.25, -0.2) is 9.98 Å². The van der Waals surface area contributed by atoms with Crippen molar-refractivity contribution in [1.82, 2.24) is 25.4 Å². The highest BCUT2D eigenvalue weighted by Gasteiger charge is 2.25. The number of aromatic nitrogens is 1. The molecule has 1 aromatic heterocycles. The van der Waals surface area contributed by atoms with Crippen molar-refractivity contribution in [2.45, 2.75) is 45.7 Å². The summed E-state index contributed by atoms with van der Waals surface area (Å²) in [6.45, 7) is 10.2. The molecule has 3 rings (SSSR count). The van der Waals surface area contributed by atoms with Crippen LogP contribution in [0.1, 0.15) is 38.7 Å². The molecule has 2 fully saturated rings. The van der Waals surface area contributed by atoms with Crippen LogP contribution in [0.3, 0.4) is 0 Å². The molecule has 29 heavy (non-hydrogen) atoms.